The summed E-state index contributed by atoms with van der Waals surface area (Å²) < 4.78 is 9.99. The first kappa shape index (κ1) is 14.5. The molecule has 0 aromatic carbocycles. The van der Waals surface area contributed by atoms with Gasteiger partial charge in [-0.3, -0.25) is 0 Å². The molecule has 0 bridgehead atoms. The number of likely N-dealkylation sites (tertiary alicyclic amines) is 1. The predicted molar refractivity (Wildman–Crippen MR) is 64.3 cm³/mol. The summed E-state index contributed by atoms with van der Waals surface area (Å²) in [4.78, 5) is 23.4. The zero-order valence-corrected chi connectivity index (χ0v) is 10.3. The molecule has 18 heavy (non-hydrogen) atoms. The third-order valence-corrected chi connectivity index (χ3v) is 2.78. The van der Waals surface area contributed by atoms with Crippen molar-refractivity contribution in [3.05, 3.63) is 12.7 Å². The van der Waals surface area contributed by atoms with E-state index in [2.05, 4.69) is 6.58 Å². The second-order valence-electron chi connectivity index (χ2n) is 4.20. The summed E-state index contributed by atoms with van der Waals surface area (Å²) in [5.74, 6) is -0.645. The highest BCUT2D eigenvalue weighted by molar-refractivity contribution is 5.68. The SMILES string of the molecule is C=CCOC(=O)N1CCC(COCC(=O)O)CC1. The number of carboxylic acid groups (broad SMARTS) is 1. The average molecular weight is 257 g/mol. The van der Waals surface area contributed by atoms with E-state index in [1.807, 2.05) is 0 Å². The van der Waals surface area contributed by atoms with Gasteiger partial charge in [0.15, 0.2) is 0 Å². The number of amides is 1. The fraction of sp³-hybridized carbons (Fsp3) is 0.667. The number of carbonyl (C=O) groups is 2. The maximum atomic E-state index is 11.5. The Morgan fingerprint density at radius 2 is 2.06 bits per heavy atom. The van der Waals surface area contributed by atoms with E-state index in [9.17, 15) is 9.59 Å². The van der Waals surface area contributed by atoms with Crippen LogP contribution in [0.2, 0.25) is 0 Å². The van der Waals surface area contributed by atoms with E-state index >= 15 is 0 Å². The first-order valence-electron chi connectivity index (χ1n) is 5.95. The number of rotatable bonds is 6. The van der Waals surface area contributed by atoms with Crippen LogP contribution in [0.25, 0.3) is 0 Å². The van der Waals surface area contributed by atoms with Crippen LogP contribution >= 0.6 is 0 Å². The summed E-state index contributed by atoms with van der Waals surface area (Å²) in [7, 11) is 0. The molecule has 0 unspecified atom stereocenters. The number of hydrogen-bond acceptors (Lipinski definition) is 4. The highest BCUT2D eigenvalue weighted by Crippen LogP contribution is 2.18. The van der Waals surface area contributed by atoms with Crippen molar-refractivity contribution in [2.24, 2.45) is 5.92 Å². The molecule has 0 atom stereocenters. The number of piperidine rings is 1. The fourth-order valence-corrected chi connectivity index (χ4v) is 1.82. The molecule has 1 rings (SSSR count). The van der Waals surface area contributed by atoms with Crippen LogP contribution in [0.3, 0.4) is 0 Å². The Morgan fingerprint density at radius 3 is 2.61 bits per heavy atom. The van der Waals surface area contributed by atoms with E-state index < -0.39 is 5.97 Å². The molecule has 102 valence electrons. The molecular formula is C12H19NO5. The van der Waals surface area contributed by atoms with Gasteiger partial charge in [-0.2, -0.15) is 0 Å². The molecule has 6 heteroatoms. The fourth-order valence-electron chi connectivity index (χ4n) is 1.82. The van der Waals surface area contributed by atoms with E-state index in [-0.39, 0.29) is 19.3 Å². The molecule has 0 saturated carbocycles. The molecule has 0 aromatic heterocycles. The summed E-state index contributed by atoms with van der Waals surface area (Å²) in [5.41, 5.74) is 0. The molecule has 1 aliphatic rings. The van der Waals surface area contributed by atoms with Crippen LogP contribution in [0.4, 0.5) is 4.79 Å². The Balaban J connectivity index is 2.17. The van der Waals surface area contributed by atoms with Crippen molar-refractivity contribution in [1.82, 2.24) is 4.90 Å². The summed E-state index contributed by atoms with van der Waals surface area (Å²) >= 11 is 0. The van der Waals surface area contributed by atoms with Crippen LogP contribution in [0, 0.1) is 5.92 Å². The maximum Gasteiger partial charge on any atom is 0.410 e. The molecule has 0 aliphatic carbocycles. The highest BCUT2D eigenvalue weighted by atomic mass is 16.6. The Labute approximate surface area is 106 Å². The van der Waals surface area contributed by atoms with Gasteiger partial charge in [-0.1, -0.05) is 12.7 Å². The summed E-state index contributed by atoms with van der Waals surface area (Å²) in [6.07, 6.45) is 2.83. The smallest absolute Gasteiger partial charge is 0.410 e. The Hall–Kier alpha value is -1.56. The average Bonchev–Trinajstić information content (AvgIpc) is 2.36. The molecule has 1 fully saturated rings. The second-order valence-corrected chi connectivity index (χ2v) is 4.20. The van der Waals surface area contributed by atoms with Gasteiger partial charge in [0.2, 0.25) is 0 Å². The summed E-state index contributed by atoms with van der Waals surface area (Å²) in [5, 5.41) is 8.44. The predicted octanol–water partition coefficient (Wildman–Crippen LogP) is 1.12. The Bertz CT molecular complexity index is 297. The van der Waals surface area contributed by atoms with Gasteiger partial charge in [-0.05, 0) is 18.8 Å². The zero-order chi connectivity index (χ0) is 13.4. The Morgan fingerprint density at radius 1 is 1.39 bits per heavy atom. The lowest BCUT2D eigenvalue weighted by atomic mass is 9.98. The van der Waals surface area contributed by atoms with Crippen LogP contribution in [0.15, 0.2) is 12.7 Å². The van der Waals surface area contributed by atoms with Crippen LogP contribution < -0.4 is 0 Å². The van der Waals surface area contributed by atoms with E-state index in [1.165, 1.54) is 6.08 Å². The molecular weight excluding hydrogens is 238 g/mol. The summed E-state index contributed by atoms with van der Waals surface area (Å²) in [6.45, 7) is 5.11. The van der Waals surface area contributed by atoms with Crippen molar-refractivity contribution in [1.29, 1.82) is 0 Å². The lowest BCUT2D eigenvalue weighted by Crippen LogP contribution is -2.39. The van der Waals surface area contributed by atoms with Crippen LogP contribution in [-0.2, 0) is 14.3 Å². The third-order valence-electron chi connectivity index (χ3n) is 2.78. The van der Waals surface area contributed by atoms with Gasteiger partial charge in [-0.15, -0.1) is 0 Å². The molecule has 0 aromatic rings. The molecule has 6 nitrogen and oxygen atoms in total. The van der Waals surface area contributed by atoms with E-state index in [0.29, 0.717) is 25.6 Å². The van der Waals surface area contributed by atoms with Gasteiger partial charge >= 0.3 is 12.1 Å². The Kier molecular flexibility index (Phi) is 6.21. The van der Waals surface area contributed by atoms with E-state index in [4.69, 9.17) is 14.6 Å². The molecule has 1 N–H and O–H groups in total. The van der Waals surface area contributed by atoms with Gasteiger partial charge in [-0.25, -0.2) is 9.59 Å². The van der Waals surface area contributed by atoms with Crippen molar-refractivity contribution in [2.75, 3.05) is 32.9 Å². The van der Waals surface area contributed by atoms with Crippen molar-refractivity contribution in [3.8, 4) is 0 Å². The number of carbonyl (C=O) groups excluding carboxylic acids is 1. The maximum absolute atomic E-state index is 11.5. The van der Waals surface area contributed by atoms with Crippen molar-refractivity contribution < 1.29 is 24.2 Å². The van der Waals surface area contributed by atoms with Gasteiger partial charge in [0.05, 0.1) is 6.61 Å². The van der Waals surface area contributed by atoms with Crippen LogP contribution in [0.5, 0.6) is 0 Å². The number of carboxylic acids is 1. The topological polar surface area (TPSA) is 76.1 Å². The number of aliphatic carboxylic acids is 1. The monoisotopic (exact) mass is 257 g/mol. The highest BCUT2D eigenvalue weighted by Gasteiger charge is 2.23. The summed E-state index contributed by atoms with van der Waals surface area (Å²) in [6, 6.07) is 0. The van der Waals surface area contributed by atoms with Crippen molar-refractivity contribution in [2.45, 2.75) is 12.8 Å². The molecule has 0 radical (unpaired) electrons. The molecule has 1 amide bonds. The molecule has 0 spiro atoms. The van der Waals surface area contributed by atoms with Crippen LogP contribution in [-0.4, -0.2) is 55.0 Å². The van der Waals surface area contributed by atoms with Gasteiger partial charge < -0.3 is 19.5 Å². The normalized spacial score (nSPS) is 16.3. The van der Waals surface area contributed by atoms with E-state index in [1.54, 1.807) is 4.90 Å². The number of ether oxygens (including phenoxy) is 2. The first-order chi connectivity index (χ1) is 8.63. The second kappa shape index (κ2) is 7.71. The zero-order valence-electron chi connectivity index (χ0n) is 10.3. The lowest BCUT2D eigenvalue weighted by Gasteiger charge is -2.30. The first-order valence-corrected chi connectivity index (χ1v) is 5.95. The molecule has 1 saturated heterocycles. The van der Waals surface area contributed by atoms with E-state index in [0.717, 1.165) is 12.8 Å². The van der Waals surface area contributed by atoms with Crippen LogP contribution in [0.1, 0.15) is 12.8 Å². The largest absolute Gasteiger partial charge is 0.480 e. The molecule has 1 heterocycles. The standard InChI is InChI=1S/C12H19NO5/c1-2-7-18-12(16)13-5-3-10(4-6-13)8-17-9-11(14)15/h2,10H,1,3-9H2,(H,14,15). The minimum Gasteiger partial charge on any atom is -0.480 e. The quantitative estimate of drug-likeness (QED) is 0.722. The number of nitrogens with zero attached hydrogens (tertiary/aromatic N) is 1. The van der Waals surface area contributed by atoms with Crippen molar-refractivity contribution >= 4 is 12.1 Å². The minimum atomic E-state index is -0.958. The number of hydrogen-bond donors (Lipinski definition) is 1. The van der Waals surface area contributed by atoms with Gasteiger partial charge in [0, 0.05) is 13.1 Å². The lowest BCUT2D eigenvalue weighted by molar-refractivity contribution is -0.142. The van der Waals surface area contributed by atoms with Gasteiger partial charge in [0.25, 0.3) is 0 Å². The van der Waals surface area contributed by atoms with Crippen molar-refractivity contribution in [3.63, 3.8) is 0 Å². The molecule has 1 aliphatic heterocycles. The van der Waals surface area contributed by atoms with Gasteiger partial charge in [0.1, 0.15) is 13.2 Å². The third kappa shape index (κ3) is 5.18. The minimum absolute atomic E-state index is 0.223.